The van der Waals surface area contributed by atoms with E-state index in [4.69, 9.17) is 4.74 Å². The molecule has 2 unspecified atom stereocenters. The van der Waals surface area contributed by atoms with Crippen LogP contribution in [-0.4, -0.2) is 6.61 Å². The Labute approximate surface area is 88.5 Å². The van der Waals surface area contributed by atoms with Crippen molar-refractivity contribution in [3.05, 3.63) is 11.8 Å². The fourth-order valence-electron chi connectivity index (χ4n) is 2.47. The topological polar surface area (TPSA) is 9.23 Å². The molecule has 1 rings (SSSR count). The van der Waals surface area contributed by atoms with Crippen LogP contribution in [0.4, 0.5) is 0 Å². The summed E-state index contributed by atoms with van der Waals surface area (Å²) in [5.74, 6) is 1.55. The number of hydrogen-bond donors (Lipinski definition) is 0. The van der Waals surface area contributed by atoms with E-state index in [0.717, 1.165) is 18.4 Å². The molecule has 0 bridgehead atoms. The van der Waals surface area contributed by atoms with Crippen LogP contribution in [0.1, 0.15) is 52.9 Å². The normalized spacial score (nSPS) is 26.9. The summed E-state index contributed by atoms with van der Waals surface area (Å²) < 4.78 is 5.50. The van der Waals surface area contributed by atoms with E-state index >= 15 is 0 Å². The maximum Gasteiger partial charge on any atom is 0.0907 e. The predicted octanol–water partition coefficient (Wildman–Crippen LogP) is 4.14. The number of allylic oxidation sites excluding steroid dienone is 1. The molecule has 14 heavy (non-hydrogen) atoms. The molecule has 1 aliphatic rings. The van der Waals surface area contributed by atoms with Gasteiger partial charge in [-0.2, -0.15) is 0 Å². The van der Waals surface area contributed by atoms with Gasteiger partial charge in [0.15, 0.2) is 0 Å². The number of hydrogen-bond acceptors (Lipinski definition) is 1. The molecule has 1 aliphatic heterocycles. The summed E-state index contributed by atoms with van der Waals surface area (Å²) in [5.41, 5.74) is 1.44. The van der Waals surface area contributed by atoms with Gasteiger partial charge in [-0.05, 0) is 37.2 Å². The molecule has 0 aliphatic carbocycles. The van der Waals surface area contributed by atoms with Gasteiger partial charge in [-0.15, -0.1) is 0 Å². The zero-order chi connectivity index (χ0) is 10.4. The van der Waals surface area contributed by atoms with E-state index in [-0.39, 0.29) is 0 Å². The van der Waals surface area contributed by atoms with Crippen molar-refractivity contribution in [2.45, 2.75) is 52.9 Å². The Bertz CT molecular complexity index is 184. The first-order valence-corrected chi connectivity index (χ1v) is 6.07. The maximum atomic E-state index is 5.50. The molecule has 0 radical (unpaired) electrons. The molecule has 0 amide bonds. The van der Waals surface area contributed by atoms with E-state index in [1.165, 1.54) is 37.7 Å². The minimum Gasteiger partial charge on any atom is -0.501 e. The van der Waals surface area contributed by atoms with Crippen molar-refractivity contribution in [2.75, 3.05) is 6.61 Å². The molecule has 1 heteroatoms. The Morgan fingerprint density at radius 2 is 2.14 bits per heavy atom. The van der Waals surface area contributed by atoms with Crippen LogP contribution in [0.15, 0.2) is 11.8 Å². The van der Waals surface area contributed by atoms with Gasteiger partial charge in [0.25, 0.3) is 0 Å². The third-order valence-electron chi connectivity index (χ3n) is 3.35. The highest BCUT2D eigenvalue weighted by atomic mass is 16.5. The molecule has 0 N–H and O–H groups in total. The molecule has 0 fully saturated rings. The zero-order valence-electron chi connectivity index (χ0n) is 9.88. The van der Waals surface area contributed by atoms with Crippen LogP contribution in [0, 0.1) is 11.8 Å². The van der Waals surface area contributed by atoms with E-state index < -0.39 is 0 Å². The second-order valence-corrected chi connectivity index (χ2v) is 4.47. The van der Waals surface area contributed by atoms with Gasteiger partial charge in [0.1, 0.15) is 0 Å². The highest BCUT2D eigenvalue weighted by Gasteiger charge is 2.24. The lowest BCUT2D eigenvalue weighted by Crippen LogP contribution is -2.24. The third-order valence-corrected chi connectivity index (χ3v) is 3.35. The molecule has 1 nitrogen and oxygen atoms in total. The van der Waals surface area contributed by atoms with Gasteiger partial charge < -0.3 is 4.74 Å². The first-order valence-electron chi connectivity index (χ1n) is 6.07. The average molecular weight is 196 g/mol. The summed E-state index contributed by atoms with van der Waals surface area (Å²) in [7, 11) is 0. The fourth-order valence-corrected chi connectivity index (χ4v) is 2.47. The molecule has 82 valence electrons. The number of rotatable bonds is 5. The van der Waals surface area contributed by atoms with Crippen LogP contribution in [-0.2, 0) is 4.74 Å². The smallest absolute Gasteiger partial charge is 0.0907 e. The van der Waals surface area contributed by atoms with Crippen LogP contribution < -0.4 is 0 Å². The second-order valence-electron chi connectivity index (χ2n) is 4.47. The second kappa shape index (κ2) is 6.10. The van der Waals surface area contributed by atoms with Crippen molar-refractivity contribution in [3.63, 3.8) is 0 Å². The molecular formula is C13H24O. The van der Waals surface area contributed by atoms with Crippen LogP contribution in [0.5, 0.6) is 0 Å². The monoisotopic (exact) mass is 196 g/mol. The van der Waals surface area contributed by atoms with Gasteiger partial charge >= 0.3 is 0 Å². The van der Waals surface area contributed by atoms with Crippen LogP contribution in [0.3, 0.4) is 0 Å². The van der Waals surface area contributed by atoms with Crippen LogP contribution in [0.25, 0.3) is 0 Å². The minimum absolute atomic E-state index is 0.775. The molecule has 2 atom stereocenters. The van der Waals surface area contributed by atoms with Gasteiger partial charge in [0.2, 0.25) is 0 Å². The SMILES string of the molecule is CCCCCC1COC=C(C)C1CC. The summed E-state index contributed by atoms with van der Waals surface area (Å²) in [4.78, 5) is 0. The first-order chi connectivity index (χ1) is 6.79. The first kappa shape index (κ1) is 11.6. The summed E-state index contributed by atoms with van der Waals surface area (Å²) in [5, 5.41) is 0. The summed E-state index contributed by atoms with van der Waals surface area (Å²) in [6, 6.07) is 0. The van der Waals surface area contributed by atoms with E-state index in [2.05, 4.69) is 20.8 Å². The largest absolute Gasteiger partial charge is 0.501 e. The summed E-state index contributed by atoms with van der Waals surface area (Å²) in [6.07, 6.45) is 8.63. The van der Waals surface area contributed by atoms with Gasteiger partial charge in [-0.25, -0.2) is 0 Å². The van der Waals surface area contributed by atoms with Crippen molar-refractivity contribution >= 4 is 0 Å². The predicted molar refractivity (Wildman–Crippen MR) is 61.1 cm³/mol. The van der Waals surface area contributed by atoms with Gasteiger partial charge in [-0.3, -0.25) is 0 Å². The lowest BCUT2D eigenvalue weighted by atomic mass is 9.81. The molecule has 0 aromatic carbocycles. The number of unbranched alkanes of at least 4 members (excludes halogenated alkanes) is 2. The Kier molecular flexibility index (Phi) is 5.06. The zero-order valence-corrected chi connectivity index (χ0v) is 9.88. The van der Waals surface area contributed by atoms with E-state index in [9.17, 15) is 0 Å². The number of ether oxygens (including phenoxy) is 1. The van der Waals surface area contributed by atoms with Crippen molar-refractivity contribution in [1.29, 1.82) is 0 Å². The van der Waals surface area contributed by atoms with Crippen molar-refractivity contribution < 1.29 is 4.74 Å². The maximum absolute atomic E-state index is 5.50. The van der Waals surface area contributed by atoms with Crippen molar-refractivity contribution in [2.24, 2.45) is 11.8 Å². The van der Waals surface area contributed by atoms with Gasteiger partial charge in [0.05, 0.1) is 12.9 Å². The summed E-state index contributed by atoms with van der Waals surface area (Å²) in [6.45, 7) is 7.71. The Morgan fingerprint density at radius 3 is 2.79 bits per heavy atom. The average Bonchev–Trinajstić information content (AvgIpc) is 2.18. The highest BCUT2D eigenvalue weighted by Crippen LogP contribution is 2.31. The highest BCUT2D eigenvalue weighted by molar-refractivity contribution is 5.04. The molecule has 0 saturated heterocycles. The lowest BCUT2D eigenvalue weighted by Gasteiger charge is -2.30. The quantitative estimate of drug-likeness (QED) is 0.600. The Hall–Kier alpha value is -0.460. The van der Waals surface area contributed by atoms with Crippen molar-refractivity contribution in [3.8, 4) is 0 Å². The molecule has 0 saturated carbocycles. The molecule has 1 heterocycles. The fraction of sp³-hybridized carbons (Fsp3) is 0.846. The molecule has 0 aromatic heterocycles. The third kappa shape index (κ3) is 3.04. The molecule has 0 aromatic rings. The Balaban J connectivity index is 2.39. The Morgan fingerprint density at radius 1 is 1.36 bits per heavy atom. The van der Waals surface area contributed by atoms with E-state index in [0.29, 0.717) is 0 Å². The van der Waals surface area contributed by atoms with Crippen molar-refractivity contribution in [1.82, 2.24) is 0 Å². The van der Waals surface area contributed by atoms with Crippen LogP contribution in [0.2, 0.25) is 0 Å². The minimum atomic E-state index is 0.775. The molecular weight excluding hydrogens is 172 g/mol. The molecule has 0 spiro atoms. The van der Waals surface area contributed by atoms with Gasteiger partial charge in [-0.1, -0.05) is 33.1 Å². The standard InChI is InChI=1S/C13H24O/c1-4-6-7-8-12-10-14-9-11(3)13(12)5-2/h9,12-13H,4-8,10H2,1-3H3. The lowest BCUT2D eigenvalue weighted by molar-refractivity contribution is 0.124. The van der Waals surface area contributed by atoms with Gasteiger partial charge in [0, 0.05) is 0 Å². The van der Waals surface area contributed by atoms with E-state index in [1.54, 1.807) is 0 Å². The van der Waals surface area contributed by atoms with E-state index in [1.807, 2.05) is 6.26 Å². The van der Waals surface area contributed by atoms with Crippen LogP contribution >= 0.6 is 0 Å². The summed E-state index contributed by atoms with van der Waals surface area (Å²) >= 11 is 0.